The van der Waals surface area contributed by atoms with Crippen LogP contribution in [0.25, 0.3) is 11.0 Å². The standard InChI is InChI=1S/C16H22N4/c1-3-5-7-12(4-2)11-20-14-9-6-8-13(10-17)15(14)19-16(20)18/h6,8-9,12H,3-5,7,11H2,1-2H3,(H2,18,19). The van der Waals surface area contributed by atoms with Gasteiger partial charge in [-0.2, -0.15) is 5.26 Å². The largest absolute Gasteiger partial charge is 0.369 e. The summed E-state index contributed by atoms with van der Waals surface area (Å²) in [6.45, 7) is 5.32. The first-order chi connectivity index (χ1) is 9.71. The van der Waals surface area contributed by atoms with Crippen LogP contribution in [-0.2, 0) is 6.54 Å². The van der Waals surface area contributed by atoms with Crippen LogP contribution in [-0.4, -0.2) is 9.55 Å². The second-order valence-electron chi connectivity index (χ2n) is 5.28. The van der Waals surface area contributed by atoms with Crippen LogP contribution in [0.3, 0.4) is 0 Å². The monoisotopic (exact) mass is 270 g/mol. The Morgan fingerprint density at radius 2 is 2.20 bits per heavy atom. The lowest BCUT2D eigenvalue weighted by atomic mass is 9.99. The van der Waals surface area contributed by atoms with Gasteiger partial charge in [0.1, 0.15) is 11.6 Å². The van der Waals surface area contributed by atoms with E-state index in [1.165, 1.54) is 19.3 Å². The Morgan fingerprint density at radius 3 is 2.85 bits per heavy atom. The molecule has 2 aromatic rings. The number of imidazole rings is 1. The molecule has 20 heavy (non-hydrogen) atoms. The van der Waals surface area contributed by atoms with Gasteiger partial charge in [0.15, 0.2) is 0 Å². The lowest BCUT2D eigenvalue weighted by Crippen LogP contribution is -2.12. The zero-order valence-corrected chi connectivity index (χ0v) is 12.3. The molecule has 1 aromatic carbocycles. The SMILES string of the molecule is CCCCC(CC)Cn1c(N)nc2c(C#N)cccc21. The van der Waals surface area contributed by atoms with Crippen molar-refractivity contribution >= 4 is 17.0 Å². The van der Waals surface area contributed by atoms with Gasteiger partial charge in [-0.15, -0.1) is 0 Å². The Labute approximate surface area is 120 Å². The molecule has 0 bridgehead atoms. The van der Waals surface area contributed by atoms with Crippen molar-refractivity contribution in [3.8, 4) is 6.07 Å². The molecule has 0 aliphatic heterocycles. The van der Waals surface area contributed by atoms with Gasteiger partial charge in [-0.25, -0.2) is 4.98 Å². The third kappa shape index (κ3) is 2.77. The third-order valence-electron chi connectivity index (χ3n) is 3.91. The van der Waals surface area contributed by atoms with Crippen LogP contribution < -0.4 is 5.73 Å². The Kier molecular flexibility index (Phi) is 4.62. The molecule has 1 atom stereocenters. The fourth-order valence-electron chi connectivity index (χ4n) is 2.62. The number of hydrogen-bond donors (Lipinski definition) is 1. The molecule has 0 radical (unpaired) electrons. The highest BCUT2D eigenvalue weighted by atomic mass is 15.2. The van der Waals surface area contributed by atoms with Crippen molar-refractivity contribution in [1.82, 2.24) is 9.55 Å². The zero-order chi connectivity index (χ0) is 14.5. The molecule has 0 saturated heterocycles. The second kappa shape index (κ2) is 6.42. The molecule has 1 unspecified atom stereocenters. The van der Waals surface area contributed by atoms with Gasteiger partial charge in [0, 0.05) is 6.54 Å². The maximum absolute atomic E-state index is 9.14. The van der Waals surface area contributed by atoms with Crippen LogP contribution in [0.1, 0.15) is 45.1 Å². The molecule has 0 spiro atoms. The number of aromatic nitrogens is 2. The summed E-state index contributed by atoms with van der Waals surface area (Å²) in [5, 5.41) is 9.14. The quantitative estimate of drug-likeness (QED) is 0.870. The first-order valence-electron chi connectivity index (χ1n) is 7.36. The second-order valence-corrected chi connectivity index (χ2v) is 5.28. The number of nitriles is 1. The summed E-state index contributed by atoms with van der Waals surface area (Å²) in [6, 6.07) is 7.85. The number of hydrogen-bond acceptors (Lipinski definition) is 3. The van der Waals surface area contributed by atoms with Gasteiger partial charge in [0.25, 0.3) is 0 Å². The van der Waals surface area contributed by atoms with Gasteiger partial charge in [-0.05, 0) is 24.5 Å². The van der Waals surface area contributed by atoms with Gasteiger partial charge in [0.05, 0.1) is 11.1 Å². The molecular weight excluding hydrogens is 248 g/mol. The molecule has 0 fully saturated rings. The van der Waals surface area contributed by atoms with E-state index in [1.54, 1.807) is 6.07 Å². The number of benzene rings is 1. The normalized spacial score (nSPS) is 12.4. The van der Waals surface area contributed by atoms with Crippen LogP contribution in [0.2, 0.25) is 0 Å². The summed E-state index contributed by atoms with van der Waals surface area (Å²) >= 11 is 0. The number of nitrogens with zero attached hydrogens (tertiary/aromatic N) is 3. The molecule has 2 N–H and O–H groups in total. The van der Waals surface area contributed by atoms with Crippen molar-refractivity contribution in [3.63, 3.8) is 0 Å². The fourth-order valence-corrected chi connectivity index (χ4v) is 2.62. The van der Waals surface area contributed by atoms with Crippen LogP contribution >= 0.6 is 0 Å². The van der Waals surface area contributed by atoms with Gasteiger partial charge >= 0.3 is 0 Å². The number of nitrogen functional groups attached to an aromatic ring is 1. The fraction of sp³-hybridized carbons (Fsp3) is 0.500. The smallest absolute Gasteiger partial charge is 0.201 e. The minimum Gasteiger partial charge on any atom is -0.369 e. The lowest BCUT2D eigenvalue weighted by Gasteiger charge is -2.16. The maximum atomic E-state index is 9.14. The molecule has 1 aromatic heterocycles. The number of nitrogens with two attached hydrogens (primary N) is 1. The topological polar surface area (TPSA) is 67.6 Å². The highest BCUT2D eigenvalue weighted by Crippen LogP contribution is 2.24. The van der Waals surface area contributed by atoms with Gasteiger partial charge < -0.3 is 10.3 Å². The molecule has 4 heteroatoms. The van der Waals surface area contributed by atoms with E-state index in [-0.39, 0.29) is 0 Å². The Bertz CT molecular complexity index is 621. The zero-order valence-electron chi connectivity index (χ0n) is 12.3. The summed E-state index contributed by atoms with van der Waals surface area (Å²) in [6.07, 6.45) is 4.81. The molecule has 0 amide bonds. The summed E-state index contributed by atoms with van der Waals surface area (Å²) < 4.78 is 2.06. The first kappa shape index (κ1) is 14.4. The Hall–Kier alpha value is -2.02. The van der Waals surface area contributed by atoms with Crippen molar-refractivity contribution in [2.75, 3.05) is 5.73 Å². The molecule has 1 heterocycles. The number of para-hydroxylation sites is 1. The number of unbranched alkanes of at least 4 members (excludes halogenated alkanes) is 1. The predicted octanol–water partition coefficient (Wildman–Crippen LogP) is 3.71. The van der Waals surface area contributed by atoms with Crippen LogP contribution in [0.5, 0.6) is 0 Å². The summed E-state index contributed by atoms with van der Waals surface area (Å²) in [4.78, 5) is 4.37. The number of anilines is 1. The number of rotatable bonds is 6. The van der Waals surface area contributed by atoms with E-state index in [0.29, 0.717) is 17.4 Å². The molecule has 4 nitrogen and oxygen atoms in total. The van der Waals surface area contributed by atoms with E-state index < -0.39 is 0 Å². The summed E-state index contributed by atoms with van der Waals surface area (Å²) in [5.74, 6) is 1.12. The molecular formula is C16H22N4. The van der Waals surface area contributed by atoms with Gasteiger partial charge in [-0.1, -0.05) is 39.2 Å². The Morgan fingerprint density at radius 1 is 1.40 bits per heavy atom. The molecule has 106 valence electrons. The van der Waals surface area contributed by atoms with Crippen LogP contribution in [0, 0.1) is 17.2 Å². The Balaban J connectivity index is 2.34. The molecule has 0 saturated carbocycles. The van der Waals surface area contributed by atoms with Gasteiger partial charge in [-0.3, -0.25) is 0 Å². The van der Waals surface area contributed by atoms with E-state index in [2.05, 4.69) is 29.5 Å². The van der Waals surface area contributed by atoms with Crippen molar-refractivity contribution in [2.45, 2.75) is 46.1 Å². The molecule has 2 rings (SSSR count). The highest BCUT2D eigenvalue weighted by molar-refractivity contribution is 5.83. The van der Waals surface area contributed by atoms with E-state index in [4.69, 9.17) is 11.0 Å². The predicted molar refractivity (Wildman–Crippen MR) is 82.2 cm³/mol. The molecule has 0 aliphatic carbocycles. The van der Waals surface area contributed by atoms with Crippen molar-refractivity contribution < 1.29 is 0 Å². The third-order valence-corrected chi connectivity index (χ3v) is 3.91. The van der Waals surface area contributed by atoms with E-state index in [1.807, 2.05) is 12.1 Å². The number of fused-ring (bicyclic) bond motifs is 1. The minimum atomic E-state index is 0.512. The first-order valence-corrected chi connectivity index (χ1v) is 7.36. The van der Waals surface area contributed by atoms with E-state index in [0.717, 1.165) is 24.0 Å². The minimum absolute atomic E-state index is 0.512. The van der Waals surface area contributed by atoms with Crippen molar-refractivity contribution in [1.29, 1.82) is 5.26 Å². The van der Waals surface area contributed by atoms with E-state index in [9.17, 15) is 0 Å². The highest BCUT2D eigenvalue weighted by Gasteiger charge is 2.14. The average Bonchev–Trinajstić information content (AvgIpc) is 2.79. The van der Waals surface area contributed by atoms with Crippen molar-refractivity contribution in [2.24, 2.45) is 5.92 Å². The average molecular weight is 270 g/mol. The molecule has 0 aliphatic rings. The van der Waals surface area contributed by atoms with Crippen LogP contribution in [0.15, 0.2) is 18.2 Å². The van der Waals surface area contributed by atoms with Gasteiger partial charge in [0.2, 0.25) is 5.95 Å². The maximum Gasteiger partial charge on any atom is 0.201 e. The van der Waals surface area contributed by atoms with E-state index >= 15 is 0 Å². The summed E-state index contributed by atoms with van der Waals surface area (Å²) in [5.41, 5.74) is 8.33. The van der Waals surface area contributed by atoms with Crippen molar-refractivity contribution in [3.05, 3.63) is 23.8 Å². The lowest BCUT2D eigenvalue weighted by molar-refractivity contribution is 0.398. The van der Waals surface area contributed by atoms with Crippen LogP contribution in [0.4, 0.5) is 5.95 Å². The summed E-state index contributed by atoms with van der Waals surface area (Å²) in [7, 11) is 0.